The van der Waals surface area contributed by atoms with Crippen molar-refractivity contribution >= 4 is 51.0 Å². The highest BCUT2D eigenvalue weighted by Gasteiger charge is 2.41. The number of aliphatic hydroxyl groups excluding tert-OH is 1. The van der Waals surface area contributed by atoms with Crippen molar-refractivity contribution in [2.45, 2.75) is 24.3 Å². The number of nitrogens with one attached hydrogen (secondary N) is 1. The first-order chi connectivity index (χ1) is 12.5. The molecule has 1 aliphatic carbocycles. The van der Waals surface area contributed by atoms with E-state index in [2.05, 4.69) is 21.2 Å². The summed E-state index contributed by atoms with van der Waals surface area (Å²) in [5.41, 5.74) is 0.115. The number of hydrogen-bond donors (Lipinski definition) is 3. The minimum atomic E-state index is -1.16. The SMILES string of the molecule is CC(C)C1(Br)C=C(O)C=CC1Oc1c(Cl)cc(C(=O)NCC(=O)O)cc1Cl. The number of ether oxygens (including phenoxy) is 1. The number of halogens is 3. The van der Waals surface area contributed by atoms with Crippen LogP contribution in [0.4, 0.5) is 0 Å². The first kappa shape index (κ1) is 21.6. The standard InChI is InChI=1S/C18H18BrCl2NO5/c1-9(2)18(19)7-11(23)3-4-14(18)27-16-12(20)5-10(6-13(16)21)17(26)22-8-15(24)25/h3-7,9,14,23H,8H2,1-2H3,(H,22,26)(H,24,25). The van der Waals surface area contributed by atoms with Crippen molar-refractivity contribution in [1.82, 2.24) is 5.32 Å². The van der Waals surface area contributed by atoms with Gasteiger partial charge in [0.2, 0.25) is 0 Å². The summed E-state index contributed by atoms with van der Waals surface area (Å²) < 4.78 is 5.31. The molecule has 2 unspecified atom stereocenters. The zero-order chi connectivity index (χ0) is 20.4. The van der Waals surface area contributed by atoms with Crippen molar-refractivity contribution in [3.05, 3.63) is 51.7 Å². The molecule has 9 heteroatoms. The van der Waals surface area contributed by atoms with Crippen LogP contribution in [-0.2, 0) is 4.79 Å². The second kappa shape index (κ2) is 8.54. The van der Waals surface area contributed by atoms with E-state index in [-0.39, 0.29) is 33.0 Å². The molecule has 0 saturated heterocycles. The Labute approximate surface area is 174 Å². The summed E-state index contributed by atoms with van der Waals surface area (Å²) in [5.74, 6) is -1.42. The Morgan fingerprint density at radius 3 is 2.44 bits per heavy atom. The largest absolute Gasteiger partial charge is 0.508 e. The molecule has 0 spiro atoms. The number of hydrogen-bond acceptors (Lipinski definition) is 4. The van der Waals surface area contributed by atoms with Crippen molar-refractivity contribution in [2.24, 2.45) is 5.92 Å². The van der Waals surface area contributed by atoms with E-state index in [9.17, 15) is 14.7 Å². The average molecular weight is 479 g/mol. The third kappa shape index (κ3) is 4.97. The van der Waals surface area contributed by atoms with Gasteiger partial charge in [-0.05, 0) is 36.3 Å². The quantitative estimate of drug-likeness (QED) is 0.528. The van der Waals surface area contributed by atoms with Gasteiger partial charge in [-0.25, -0.2) is 0 Å². The lowest BCUT2D eigenvalue weighted by Crippen LogP contribution is -2.43. The first-order valence-corrected chi connectivity index (χ1v) is 9.54. The molecule has 0 aromatic heterocycles. The number of carboxylic acids is 1. The van der Waals surface area contributed by atoms with Crippen LogP contribution < -0.4 is 10.1 Å². The van der Waals surface area contributed by atoms with Crippen LogP contribution in [0.2, 0.25) is 10.0 Å². The van der Waals surface area contributed by atoms with E-state index in [0.29, 0.717) is 0 Å². The molecule has 0 saturated carbocycles. The number of benzene rings is 1. The topological polar surface area (TPSA) is 95.9 Å². The highest BCUT2D eigenvalue weighted by atomic mass is 79.9. The number of carbonyl (C=O) groups excluding carboxylic acids is 1. The third-order valence-electron chi connectivity index (χ3n) is 4.04. The molecule has 2 rings (SSSR count). The van der Waals surface area contributed by atoms with Crippen LogP contribution in [0.3, 0.4) is 0 Å². The summed E-state index contributed by atoms with van der Waals surface area (Å²) in [4.78, 5) is 22.6. The van der Waals surface area contributed by atoms with Gasteiger partial charge in [-0.15, -0.1) is 0 Å². The van der Waals surface area contributed by atoms with Crippen LogP contribution in [0.25, 0.3) is 0 Å². The fraction of sp³-hybridized carbons (Fsp3) is 0.333. The fourth-order valence-electron chi connectivity index (χ4n) is 2.50. The molecular formula is C18H18BrCl2NO5. The predicted octanol–water partition coefficient (Wildman–Crippen LogP) is 4.36. The Morgan fingerprint density at radius 2 is 1.93 bits per heavy atom. The number of rotatable bonds is 6. The lowest BCUT2D eigenvalue weighted by Gasteiger charge is -2.37. The molecule has 1 aliphatic rings. The monoisotopic (exact) mass is 477 g/mol. The highest BCUT2D eigenvalue weighted by molar-refractivity contribution is 9.10. The third-order valence-corrected chi connectivity index (χ3v) is 6.19. The van der Waals surface area contributed by atoms with E-state index in [1.54, 1.807) is 12.2 Å². The van der Waals surface area contributed by atoms with Gasteiger partial charge in [0.05, 0.1) is 14.4 Å². The number of allylic oxidation sites excluding steroid dienone is 1. The smallest absolute Gasteiger partial charge is 0.322 e. The maximum Gasteiger partial charge on any atom is 0.322 e. The molecule has 1 aromatic carbocycles. The zero-order valence-electron chi connectivity index (χ0n) is 14.5. The average Bonchev–Trinajstić information content (AvgIpc) is 2.57. The predicted molar refractivity (Wildman–Crippen MR) is 107 cm³/mol. The zero-order valence-corrected chi connectivity index (χ0v) is 17.6. The maximum atomic E-state index is 12.0. The summed E-state index contributed by atoms with van der Waals surface area (Å²) in [6.45, 7) is 3.41. The van der Waals surface area contributed by atoms with Gasteiger partial charge in [-0.1, -0.05) is 53.0 Å². The number of aliphatic hydroxyl groups is 1. The minimum Gasteiger partial charge on any atom is -0.508 e. The van der Waals surface area contributed by atoms with Gasteiger partial charge in [0, 0.05) is 5.56 Å². The first-order valence-electron chi connectivity index (χ1n) is 7.99. The van der Waals surface area contributed by atoms with Crippen molar-refractivity contribution < 1.29 is 24.5 Å². The Balaban J connectivity index is 2.28. The second-order valence-corrected chi connectivity index (χ2v) is 8.48. The molecule has 1 amide bonds. The molecule has 0 heterocycles. The summed E-state index contributed by atoms with van der Waals surface area (Å²) in [7, 11) is 0. The van der Waals surface area contributed by atoms with E-state index in [1.165, 1.54) is 18.2 Å². The number of carbonyl (C=O) groups is 2. The minimum absolute atomic E-state index is 0.0632. The number of aliphatic carboxylic acids is 1. The maximum absolute atomic E-state index is 12.0. The molecular weight excluding hydrogens is 461 g/mol. The summed E-state index contributed by atoms with van der Waals surface area (Å²) >= 11 is 16.1. The fourth-order valence-corrected chi connectivity index (χ4v) is 3.56. The van der Waals surface area contributed by atoms with E-state index in [4.69, 9.17) is 33.0 Å². The van der Waals surface area contributed by atoms with Crippen LogP contribution in [-0.4, -0.2) is 39.1 Å². The molecule has 2 atom stereocenters. The van der Waals surface area contributed by atoms with Gasteiger partial charge in [0.15, 0.2) is 5.75 Å². The molecule has 0 aliphatic heterocycles. The number of alkyl halides is 1. The van der Waals surface area contributed by atoms with Gasteiger partial charge in [-0.2, -0.15) is 0 Å². The summed E-state index contributed by atoms with van der Waals surface area (Å²) in [5, 5.41) is 20.9. The normalized spacial score (nSPS) is 21.7. The van der Waals surface area contributed by atoms with Crippen molar-refractivity contribution in [1.29, 1.82) is 0 Å². The van der Waals surface area contributed by atoms with Gasteiger partial charge in [-0.3, -0.25) is 9.59 Å². The Hall–Kier alpha value is -1.70. The lowest BCUT2D eigenvalue weighted by molar-refractivity contribution is -0.135. The highest BCUT2D eigenvalue weighted by Crippen LogP contribution is 2.42. The molecule has 0 bridgehead atoms. The number of carboxylic acid groups (broad SMARTS) is 1. The van der Waals surface area contributed by atoms with E-state index in [0.717, 1.165) is 0 Å². The second-order valence-electron chi connectivity index (χ2n) is 6.29. The van der Waals surface area contributed by atoms with E-state index in [1.807, 2.05) is 13.8 Å². The van der Waals surface area contributed by atoms with Gasteiger partial charge in [0.1, 0.15) is 18.4 Å². The van der Waals surface area contributed by atoms with Crippen LogP contribution >= 0.6 is 39.1 Å². The van der Waals surface area contributed by atoms with Crippen molar-refractivity contribution in [2.75, 3.05) is 6.54 Å². The Bertz CT molecular complexity index is 801. The molecule has 6 nitrogen and oxygen atoms in total. The van der Waals surface area contributed by atoms with E-state index >= 15 is 0 Å². The molecule has 146 valence electrons. The Morgan fingerprint density at radius 1 is 1.33 bits per heavy atom. The van der Waals surface area contributed by atoms with Crippen LogP contribution in [0, 0.1) is 5.92 Å². The van der Waals surface area contributed by atoms with Crippen molar-refractivity contribution in [3.8, 4) is 5.75 Å². The molecule has 0 fully saturated rings. The molecule has 0 radical (unpaired) electrons. The molecule has 1 aromatic rings. The molecule has 3 N–H and O–H groups in total. The lowest BCUT2D eigenvalue weighted by atomic mass is 9.86. The number of amides is 1. The van der Waals surface area contributed by atoms with E-state index < -0.39 is 28.8 Å². The van der Waals surface area contributed by atoms with Crippen molar-refractivity contribution in [3.63, 3.8) is 0 Å². The van der Waals surface area contributed by atoms with Gasteiger partial charge in [0.25, 0.3) is 5.91 Å². The van der Waals surface area contributed by atoms with Gasteiger partial charge >= 0.3 is 5.97 Å². The summed E-state index contributed by atoms with van der Waals surface area (Å²) in [6, 6.07) is 2.70. The summed E-state index contributed by atoms with van der Waals surface area (Å²) in [6.07, 6.45) is 4.33. The van der Waals surface area contributed by atoms with Gasteiger partial charge < -0.3 is 20.3 Å². The Kier molecular flexibility index (Phi) is 6.83. The van der Waals surface area contributed by atoms with Crippen LogP contribution in [0.15, 0.2) is 36.1 Å². The molecule has 27 heavy (non-hydrogen) atoms. The van der Waals surface area contributed by atoms with Crippen LogP contribution in [0.5, 0.6) is 5.75 Å². The van der Waals surface area contributed by atoms with Crippen LogP contribution in [0.1, 0.15) is 24.2 Å².